The lowest BCUT2D eigenvalue weighted by Crippen LogP contribution is -2.28. The van der Waals surface area contributed by atoms with E-state index in [1.54, 1.807) is 12.5 Å². The van der Waals surface area contributed by atoms with Crippen LogP contribution < -0.4 is 0 Å². The molecule has 0 spiro atoms. The van der Waals surface area contributed by atoms with Gasteiger partial charge in [-0.25, -0.2) is 0 Å². The number of hydrogen-bond donors (Lipinski definition) is 4. The van der Waals surface area contributed by atoms with E-state index >= 15 is 0 Å². The SMILES string of the molecule is C[S+](C)[O-].O[C@H](CS)[C@H](O)CS. The third kappa shape index (κ3) is 13.5. The summed E-state index contributed by atoms with van der Waals surface area (Å²) in [5.74, 6) is 0.559. The van der Waals surface area contributed by atoms with Gasteiger partial charge in [-0.05, 0) is 0 Å². The Morgan fingerprint density at radius 3 is 1.42 bits per heavy atom. The largest absolute Gasteiger partial charge is 0.617 e. The summed E-state index contributed by atoms with van der Waals surface area (Å²) >= 11 is 6.92. The smallest absolute Gasteiger partial charge is 0.0946 e. The van der Waals surface area contributed by atoms with E-state index in [-0.39, 0.29) is 11.5 Å². The second kappa shape index (κ2) is 10.0. The zero-order valence-electron chi connectivity index (χ0n) is 7.17. The van der Waals surface area contributed by atoms with E-state index in [1.165, 1.54) is 0 Å². The zero-order chi connectivity index (χ0) is 10.1. The average molecular weight is 232 g/mol. The molecule has 76 valence electrons. The molecule has 0 rings (SSSR count). The maximum Gasteiger partial charge on any atom is 0.0946 e. The van der Waals surface area contributed by atoms with Crippen molar-refractivity contribution in [2.45, 2.75) is 12.2 Å². The third-order valence-corrected chi connectivity index (χ3v) is 1.57. The van der Waals surface area contributed by atoms with Gasteiger partial charge in [0.2, 0.25) is 0 Å². The van der Waals surface area contributed by atoms with Crippen LogP contribution in [0.2, 0.25) is 0 Å². The Morgan fingerprint density at radius 2 is 1.33 bits per heavy atom. The van der Waals surface area contributed by atoms with Crippen LogP contribution in [0.15, 0.2) is 0 Å². The van der Waals surface area contributed by atoms with Crippen LogP contribution in [0.25, 0.3) is 0 Å². The molecule has 0 fully saturated rings. The lowest BCUT2D eigenvalue weighted by atomic mass is 10.3. The van der Waals surface area contributed by atoms with Gasteiger partial charge in [0, 0.05) is 11.5 Å². The molecule has 0 aromatic rings. The molecular weight excluding hydrogens is 216 g/mol. The lowest BCUT2D eigenvalue weighted by molar-refractivity contribution is 0.0504. The molecule has 0 unspecified atom stereocenters. The van der Waals surface area contributed by atoms with Crippen molar-refractivity contribution in [3.8, 4) is 0 Å². The van der Waals surface area contributed by atoms with E-state index in [1.807, 2.05) is 0 Å². The molecule has 0 bridgehead atoms. The lowest BCUT2D eigenvalue weighted by Gasteiger charge is -2.11. The van der Waals surface area contributed by atoms with Gasteiger partial charge in [-0.15, -0.1) is 0 Å². The van der Waals surface area contributed by atoms with Gasteiger partial charge in [0.25, 0.3) is 0 Å². The van der Waals surface area contributed by atoms with Crippen molar-refractivity contribution < 1.29 is 14.8 Å². The Balaban J connectivity index is 0. The first-order valence-electron chi connectivity index (χ1n) is 3.28. The molecule has 0 heterocycles. The number of thiol groups is 2. The van der Waals surface area contributed by atoms with E-state index in [0.717, 1.165) is 0 Å². The number of aliphatic hydroxyl groups excluding tert-OH is 2. The second-order valence-corrected chi connectivity index (χ2v) is 4.45. The van der Waals surface area contributed by atoms with Crippen molar-refractivity contribution >= 4 is 36.4 Å². The van der Waals surface area contributed by atoms with Crippen LogP contribution in [0.5, 0.6) is 0 Å². The summed E-state index contributed by atoms with van der Waals surface area (Å²) in [6, 6.07) is 0. The number of aliphatic hydroxyl groups is 2. The molecule has 0 aliphatic carbocycles. The topological polar surface area (TPSA) is 63.5 Å². The Labute approximate surface area is 87.6 Å². The van der Waals surface area contributed by atoms with Crippen LogP contribution in [0.4, 0.5) is 0 Å². The van der Waals surface area contributed by atoms with Crippen LogP contribution in [-0.4, -0.2) is 51.0 Å². The van der Waals surface area contributed by atoms with Gasteiger partial charge >= 0.3 is 0 Å². The normalized spacial score (nSPS) is 15.0. The molecule has 12 heavy (non-hydrogen) atoms. The van der Waals surface area contributed by atoms with E-state index in [0.29, 0.717) is 0 Å². The maximum absolute atomic E-state index is 9.56. The molecular formula is C6H16O3S3. The average Bonchev–Trinajstić information content (AvgIpc) is 2.00. The quantitative estimate of drug-likeness (QED) is 0.394. The summed E-state index contributed by atoms with van der Waals surface area (Å²) in [7, 11) is 0. The highest BCUT2D eigenvalue weighted by molar-refractivity contribution is 7.89. The van der Waals surface area contributed by atoms with Gasteiger partial charge in [-0.1, -0.05) is 11.2 Å². The van der Waals surface area contributed by atoms with Gasteiger partial charge in [0.1, 0.15) is 0 Å². The third-order valence-electron chi connectivity index (χ3n) is 0.818. The molecule has 0 radical (unpaired) electrons. The molecule has 2 N–H and O–H groups in total. The van der Waals surface area contributed by atoms with E-state index in [9.17, 15) is 4.55 Å². The minimum atomic E-state index is -0.740. The van der Waals surface area contributed by atoms with Crippen LogP contribution in [0.1, 0.15) is 0 Å². The molecule has 2 atom stereocenters. The number of rotatable bonds is 3. The molecule has 3 nitrogen and oxygen atoms in total. The van der Waals surface area contributed by atoms with Crippen molar-refractivity contribution in [1.29, 1.82) is 0 Å². The summed E-state index contributed by atoms with van der Waals surface area (Å²) in [5, 5.41) is 17.5. The van der Waals surface area contributed by atoms with Gasteiger partial charge in [0.15, 0.2) is 0 Å². The fourth-order valence-corrected chi connectivity index (χ4v) is 0.730. The predicted molar refractivity (Wildman–Crippen MR) is 59.7 cm³/mol. The molecule has 0 saturated carbocycles. The van der Waals surface area contributed by atoms with Gasteiger partial charge in [0.05, 0.1) is 24.7 Å². The molecule has 0 saturated heterocycles. The van der Waals surface area contributed by atoms with Crippen molar-refractivity contribution in [2.75, 3.05) is 24.0 Å². The first-order valence-corrected chi connectivity index (χ1v) is 6.51. The molecule has 0 aromatic carbocycles. The maximum atomic E-state index is 9.56. The minimum absolute atomic E-state index is 0.279. The highest BCUT2D eigenvalue weighted by Crippen LogP contribution is 1.96. The van der Waals surface area contributed by atoms with Crippen LogP contribution >= 0.6 is 25.3 Å². The summed E-state index contributed by atoms with van der Waals surface area (Å²) in [4.78, 5) is 0. The van der Waals surface area contributed by atoms with E-state index < -0.39 is 23.4 Å². The van der Waals surface area contributed by atoms with Gasteiger partial charge in [-0.2, -0.15) is 25.3 Å². The van der Waals surface area contributed by atoms with E-state index in [2.05, 4.69) is 25.3 Å². The summed E-state index contributed by atoms with van der Waals surface area (Å²) in [6.45, 7) is 0. The fraction of sp³-hybridized carbons (Fsp3) is 1.00. The summed E-state index contributed by atoms with van der Waals surface area (Å²) in [6.07, 6.45) is 1.80. The highest BCUT2D eigenvalue weighted by atomic mass is 32.2. The monoisotopic (exact) mass is 232 g/mol. The van der Waals surface area contributed by atoms with Crippen molar-refractivity contribution in [3.63, 3.8) is 0 Å². The molecule has 6 heteroatoms. The predicted octanol–water partition coefficient (Wildman–Crippen LogP) is -0.437. The molecule has 0 amide bonds. The zero-order valence-corrected chi connectivity index (χ0v) is 9.78. The number of hydrogen-bond acceptors (Lipinski definition) is 5. The first kappa shape index (κ1) is 15.4. The van der Waals surface area contributed by atoms with Gasteiger partial charge < -0.3 is 14.8 Å². The molecule has 0 aromatic heterocycles. The van der Waals surface area contributed by atoms with Crippen LogP contribution in [0.3, 0.4) is 0 Å². The second-order valence-electron chi connectivity index (χ2n) is 2.24. The first-order chi connectivity index (χ1) is 5.45. The van der Waals surface area contributed by atoms with Crippen molar-refractivity contribution in [3.05, 3.63) is 0 Å². The Bertz CT molecular complexity index is 81.4. The van der Waals surface area contributed by atoms with Crippen molar-refractivity contribution in [1.82, 2.24) is 0 Å². The summed E-state index contributed by atoms with van der Waals surface area (Å²) in [5.41, 5.74) is 0. The van der Waals surface area contributed by atoms with Crippen LogP contribution in [-0.2, 0) is 11.2 Å². The van der Waals surface area contributed by atoms with Crippen LogP contribution in [0, 0.1) is 0 Å². The van der Waals surface area contributed by atoms with Gasteiger partial charge in [-0.3, -0.25) is 0 Å². The minimum Gasteiger partial charge on any atom is -0.617 e. The Kier molecular flexibility index (Phi) is 12.9. The fourth-order valence-electron chi connectivity index (χ4n) is 0.243. The Morgan fingerprint density at radius 1 is 1.17 bits per heavy atom. The molecule has 0 aliphatic heterocycles. The molecule has 0 aliphatic rings. The highest BCUT2D eigenvalue weighted by Gasteiger charge is 2.10. The standard InChI is InChI=1S/C4H10O2S2.C2H6OS/c5-3(1-7)4(6)2-8;1-4(2)3/h3-8H,1-2H2;1-2H3/t3-,4-;/m1./s1. The Hall–Kier alpha value is 0.930. The summed E-state index contributed by atoms with van der Waals surface area (Å²) < 4.78 is 9.56. The van der Waals surface area contributed by atoms with Crippen molar-refractivity contribution in [2.24, 2.45) is 0 Å². The van der Waals surface area contributed by atoms with E-state index in [4.69, 9.17) is 10.2 Å².